The number of hydrogen-bond acceptors (Lipinski definition) is 6. The monoisotopic (exact) mass is 783 g/mol. The molecule has 4 aromatic heterocycles. The average Bonchev–Trinajstić information content (AvgIpc) is 3.99. The average molecular weight is 784 g/mol. The summed E-state index contributed by atoms with van der Waals surface area (Å²) in [5.74, 6) is 0.731. The Balaban J connectivity index is 0.961. The number of pyridine rings is 1. The number of benzene rings is 9. The SMILES string of the molecule is c1ccc2cc(N(c3ccc4c(c3)oc3ccccc34)c3ccc4c(c3)oc3cc(N(c5ccc6ccccc6c5)c5ccc6c(c5)oc5ccccc56)ncc34)ccc2c1. The minimum absolute atomic E-state index is 0.731. The molecule has 0 radical (unpaired) electrons. The molecule has 0 spiro atoms. The fourth-order valence-electron chi connectivity index (χ4n) is 9.11. The zero-order valence-corrected chi connectivity index (χ0v) is 32.6. The lowest BCUT2D eigenvalue weighted by atomic mass is 10.1. The van der Waals surface area contributed by atoms with Crippen molar-refractivity contribution in [2.75, 3.05) is 9.80 Å². The fraction of sp³-hybridized carbons (Fsp3) is 0. The molecule has 0 bridgehead atoms. The van der Waals surface area contributed by atoms with Crippen molar-refractivity contribution >= 4 is 122 Å². The van der Waals surface area contributed by atoms with Crippen molar-refractivity contribution in [2.24, 2.45) is 0 Å². The number of nitrogens with zero attached hydrogens (tertiary/aromatic N) is 3. The number of hydrogen-bond donors (Lipinski definition) is 0. The molecule has 0 atom stereocenters. The molecule has 0 aliphatic carbocycles. The number of fused-ring (bicyclic) bond motifs is 11. The number of aromatic nitrogens is 1. The minimum Gasteiger partial charge on any atom is -0.456 e. The maximum atomic E-state index is 6.81. The van der Waals surface area contributed by atoms with Gasteiger partial charge < -0.3 is 18.2 Å². The molecule has 0 aliphatic rings. The highest BCUT2D eigenvalue weighted by Gasteiger charge is 2.21. The van der Waals surface area contributed by atoms with Gasteiger partial charge in [-0.25, -0.2) is 4.98 Å². The van der Waals surface area contributed by atoms with Crippen molar-refractivity contribution in [3.63, 3.8) is 0 Å². The first-order chi connectivity index (χ1) is 30.2. The topological polar surface area (TPSA) is 58.8 Å². The van der Waals surface area contributed by atoms with E-state index in [1.165, 1.54) is 10.8 Å². The molecule has 61 heavy (non-hydrogen) atoms. The Morgan fingerprint density at radius 1 is 0.279 bits per heavy atom. The van der Waals surface area contributed by atoms with Crippen molar-refractivity contribution in [1.29, 1.82) is 0 Å². The number of furan rings is 3. The summed E-state index contributed by atoms with van der Waals surface area (Å²) in [5, 5.41) is 11.0. The molecule has 0 aliphatic heterocycles. The van der Waals surface area contributed by atoms with Gasteiger partial charge in [-0.2, -0.15) is 0 Å². The van der Waals surface area contributed by atoms with Crippen molar-refractivity contribution in [3.05, 3.63) is 200 Å². The first-order valence-corrected chi connectivity index (χ1v) is 20.4. The molecule has 9 aromatic carbocycles. The molecule has 0 saturated carbocycles. The maximum absolute atomic E-state index is 6.81. The van der Waals surface area contributed by atoms with E-state index in [0.717, 1.165) is 111 Å². The lowest BCUT2D eigenvalue weighted by molar-refractivity contribution is 0.668. The van der Waals surface area contributed by atoms with Crippen LogP contribution in [0.25, 0.3) is 87.4 Å². The molecule has 0 unspecified atom stereocenters. The van der Waals surface area contributed by atoms with E-state index in [1.807, 2.05) is 42.6 Å². The molecule has 0 amide bonds. The Bertz CT molecular complexity index is 3620. The van der Waals surface area contributed by atoms with Crippen LogP contribution < -0.4 is 9.80 Å². The summed E-state index contributed by atoms with van der Waals surface area (Å²) in [7, 11) is 0. The van der Waals surface area contributed by atoms with Crippen molar-refractivity contribution in [3.8, 4) is 0 Å². The van der Waals surface area contributed by atoms with Crippen LogP contribution in [0, 0.1) is 0 Å². The van der Waals surface area contributed by atoms with Crippen LogP contribution in [-0.2, 0) is 0 Å². The van der Waals surface area contributed by atoms with Crippen LogP contribution >= 0.6 is 0 Å². The summed E-state index contributed by atoms with van der Waals surface area (Å²) in [6.07, 6.45) is 1.93. The van der Waals surface area contributed by atoms with Crippen LogP contribution in [0.4, 0.5) is 34.3 Å². The van der Waals surface area contributed by atoms with Gasteiger partial charge in [-0.05, 0) is 94.3 Å². The van der Waals surface area contributed by atoms with E-state index in [-0.39, 0.29) is 0 Å². The molecule has 0 N–H and O–H groups in total. The molecular formula is C55H33N3O3. The largest absolute Gasteiger partial charge is 0.456 e. The van der Waals surface area contributed by atoms with Gasteiger partial charge in [0.1, 0.15) is 39.3 Å². The number of anilines is 6. The minimum atomic E-state index is 0.731. The van der Waals surface area contributed by atoms with Crippen LogP contribution in [0.2, 0.25) is 0 Å². The summed E-state index contributed by atoms with van der Waals surface area (Å²) in [6.45, 7) is 0. The number of rotatable bonds is 6. The first kappa shape index (κ1) is 33.6. The Labute approximate surface area is 348 Å². The molecule has 286 valence electrons. The molecule has 6 nitrogen and oxygen atoms in total. The predicted octanol–water partition coefficient (Wildman–Crippen LogP) is 16.0. The maximum Gasteiger partial charge on any atom is 0.141 e. The van der Waals surface area contributed by atoms with Crippen molar-refractivity contribution in [1.82, 2.24) is 4.98 Å². The second-order valence-electron chi connectivity index (χ2n) is 15.6. The Hall–Kier alpha value is -8.35. The first-order valence-electron chi connectivity index (χ1n) is 20.4. The molecule has 4 heterocycles. The van der Waals surface area contributed by atoms with Crippen LogP contribution in [0.1, 0.15) is 0 Å². The smallest absolute Gasteiger partial charge is 0.141 e. The van der Waals surface area contributed by atoms with Gasteiger partial charge in [0.15, 0.2) is 0 Å². The van der Waals surface area contributed by atoms with Crippen molar-refractivity contribution < 1.29 is 13.3 Å². The van der Waals surface area contributed by atoms with Gasteiger partial charge in [0, 0.05) is 85.5 Å². The summed E-state index contributed by atoms with van der Waals surface area (Å²) in [5.41, 5.74) is 9.78. The van der Waals surface area contributed by atoms with Gasteiger partial charge >= 0.3 is 0 Å². The van der Waals surface area contributed by atoms with E-state index in [2.05, 4.69) is 168 Å². The zero-order valence-electron chi connectivity index (χ0n) is 32.6. The standard InChI is InChI=1S/C55H33N3O3/c1-3-11-36-27-38(19-17-34(36)9-1)57(40-21-24-45-43-13-5-7-15-49(43)59-51(45)29-40)41-22-26-47-48-33-56-55(32-54(48)61-53(47)30-41)58(39-20-18-35-10-2-4-12-37(35)28-39)42-23-25-46-44-14-6-8-16-50(44)60-52(46)31-42/h1-33H. The third-order valence-electron chi connectivity index (χ3n) is 12.0. The van der Waals surface area contributed by atoms with E-state index >= 15 is 0 Å². The van der Waals surface area contributed by atoms with Gasteiger partial charge in [0.05, 0.1) is 5.69 Å². The van der Waals surface area contributed by atoms with E-state index in [0.29, 0.717) is 0 Å². The predicted molar refractivity (Wildman–Crippen MR) is 250 cm³/mol. The van der Waals surface area contributed by atoms with Gasteiger partial charge in [0.25, 0.3) is 0 Å². The van der Waals surface area contributed by atoms with Crippen LogP contribution in [0.15, 0.2) is 214 Å². The van der Waals surface area contributed by atoms with Gasteiger partial charge in [-0.15, -0.1) is 0 Å². The second kappa shape index (κ2) is 13.1. The van der Waals surface area contributed by atoms with Crippen LogP contribution in [0.5, 0.6) is 0 Å². The van der Waals surface area contributed by atoms with Crippen LogP contribution in [0.3, 0.4) is 0 Å². The lowest BCUT2D eigenvalue weighted by Crippen LogP contribution is -2.11. The third-order valence-corrected chi connectivity index (χ3v) is 12.0. The Kier molecular flexibility index (Phi) is 7.21. The molecule has 13 aromatic rings. The molecule has 0 saturated heterocycles. The summed E-state index contributed by atoms with van der Waals surface area (Å²) in [6, 6.07) is 67.6. The highest BCUT2D eigenvalue weighted by molar-refractivity contribution is 6.09. The molecule has 6 heteroatoms. The fourth-order valence-corrected chi connectivity index (χ4v) is 9.11. The normalized spacial score (nSPS) is 11.9. The molecular weight excluding hydrogens is 751 g/mol. The molecule has 0 fully saturated rings. The third kappa shape index (κ3) is 5.39. The summed E-state index contributed by atoms with van der Waals surface area (Å²) >= 11 is 0. The lowest BCUT2D eigenvalue weighted by Gasteiger charge is -2.25. The van der Waals surface area contributed by atoms with E-state index in [4.69, 9.17) is 18.2 Å². The quantitative estimate of drug-likeness (QED) is 0.167. The highest BCUT2D eigenvalue weighted by Crippen LogP contribution is 2.44. The summed E-state index contributed by atoms with van der Waals surface area (Å²) in [4.78, 5) is 9.57. The highest BCUT2D eigenvalue weighted by atomic mass is 16.3. The van der Waals surface area contributed by atoms with Gasteiger partial charge in [-0.3, -0.25) is 4.90 Å². The van der Waals surface area contributed by atoms with Gasteiger partial charge in [0.2, 0.25) is 0 Å². The second-order valence-corrected chi connectivity index (χ2v) is 15.6. The van der Waals surface area contributed by atoms with Crippen molar-refractivity contribution in [2.45, 2.75) is 0 Å². The van der Waals surface area contributed by atoms with E-state index < -0.39 is 0 Å². The van der Waals surface area contributed by atoms with E-state index in [9.17, 15) is 0 Å². The number of para-hydroxylation sites is 2. The molecule has 13 rings (SSSR count). The van der Waals surface area contributed by atoms with E-state index in [1.54, 1.807) is 0 Å². The Morgan fingerprint density at radius 3 is 1.21 bits per heavy atom. The van der Waals surface area contributed by atoms with Crippen LogP contribution in [-0.4, -0.2) is 4.98 Å². The van der Waals surface area contributed by atoms with Gasteiger partial charge in [-0.1, -0.05) is 97.1 Å². The Morgan fingerprint density at radius 2 is 0.656 bits per heavy atom. The zero-order chi connectivity index (χ0) is 40.0. The summed E-state index contributed by atoms with van der Waals surface area (Å²) < 4.78 is 19.6.